The lowest BCUT2D eigenvalue weighted by molar-refractivity contribution is -0.131. The summed E-state index contributed by atoms with van der Waals surface area (Å²) in [5.41, 5.74) is -0.717. The van der Waals surface area contributed by atoms with Crippen LogP contribution in [-0.4, -0.2) is 35.2 Å². The van der Waals surface area contributed by atoms with E-state index in [1.54, 1.807) is 0 Å². The van der Waals surface area contributed by atoms with Crippen LogP contribution in [0.15, 0.2) is 0 Å². The molecule has 4 nitrogen and oxygen atoms in total. The lowest BCUT2D eigenvalue weighted by atomic mass is 9.85. The van der Waals surface area contributed by atoms with E-state index in [1.807, 2.05) is 34.6 Å². The zero-order valence-electron chi connectivity index (χ0n) is 18.3. The molecule has 0 saturated heterocycles. The Bertz CT molecular complexity index is 461. The zero-order valence-corrected chi connectivity index (χ0v) is 19.2. The minimum Gasteiger partial charge on any atom is -0.353 e. The highest BCUT2D eigenvalue weighted by Crippen LogP contribution is 2.33. The fourth-order valence-corrected chi connectivity index (χ4v) is 3.52. The molecule has 150 valence electrons. The van der Waals surface area contributed by atoms with Gasteiger partial charge in [-0.15, -0.1) is 0 Å². The molecule has 0 radical (unpaired) electrons. The summed E-state index contributed by atoms with van der Waals surface area (Å²) in [5, 5.41) is 6.45. The number of carbonyl (C=O) groups excluding carboxylic acids is 2. The molecule has 0 aromatic heterocycles. The van der Waals surface area contributed by atoms with Crippen LogP contribution in [0.3, 0.4) is 0 Å². The van der Waals surface area contributed by atoms with Gasteiger partial charge in [0, 0.05) is 16.9 Å². The molecule has 5 heteroatoms. The third kappa shape index (κ3) is 8.48. The maximum atomic E-state index is 12.6. The van der Waals surface area contributed by atoms with E-state index in [1.165, 1.54) is 0 Å². The SMILES string of the molecule is C[C@H](NC(=O)C(C)(C)CC[SH](C)[C@@H](C)NC(=O)C(C)(C)C)C(C)(C)C. The van der Waals surface area contributed by atoms with Crippen molar-refractivity contribution in [2.45, 2.75) is 87.1 Å². The number of hydrogen-bond donors (Lipinski definition) is 3. The normalized spacial score (nSPS) is 17.5. The second-order valence-corrected chi connectivity index (χ2v) is 12.8. The Kier molecular flexibility index (Phi) is 8.54. The van der Waals surface area contributed by atoms with E-state index in [0.29, 0.717) is 0 Å². The van der Waals surface area contributed by atoms with E-state index in [4.69, 9.17) is 0 Å². The Balaban J connectivity index is 4.61. The van der Waals surface area contributed by atoms with Crippen molar-refractivity contribution in [1.82, 2.24) is 10.6 Å². The van der Waals surface area contributed by atoms with Gasteiger partial charge in [0.2, 0.25) is 11.8 Å². The van der Waals surface area contributed by atoms with Gasteiger partial charge in [-0.2, -0.15) is 0 Å². The van der Waals surface area contributed by atoms with Crippen LogP contribution in [0.1, 0.15) is 75.7 Å². The maximum absolute atomic E-state index is 12.6. The Labute approximate surface area is 158 Å². The fraction of sp³-hybridized carbons (Fsp3) is 0.900. The molecular weight excluding hydrogens is 332 g/mol. The Morgan fingerprint density at radius 3 is 1.76 bits per heavy atom. The van der Waals surface area contributed by atoms with Gasteiger partial charge < -0.3 is 10.6 Å². The smallest absolute Gasteiger partial charge is 0.226 e. The molecule has 0 aliphatic rings. The first-order valence-electron chi connectivity index (χ1n) is 9.30. The Hall–Kier alpha value is -0.710. The number of hydrogen-bond acceptors (Lipinski definition) is 2. The van der Waals surface area contributed by atoms with Gasteiger partial charge in [0.1, 0.15) is 0 Å². The molecule has 0 bridgehead atoms. The minimum absolute atomic E-state index is 0.0505. The van der Waals surface area contributed by atoms with Gasteiger partial charge in [-0.25, -0.2) is 10.9 Å². The highest BCUT2D eigenvalue weighted by Gasteiger charge is 2.32. The predicted octanol–water partition coefficient (Wildman–Crippen LogP) is 4.09. The number of thiol groups is 1. The lowest BCUT2D eigenvalue weighted by Gasteiger charge is -2.34. The fourth-order valence-electron chi connectivity index (χ4n) is 1.89. The molecule has 0 heterocycles. The zero-order chi connectivity index (χ0) is 20.2. The summed E-state index contributed by atoms with van der Waals surface area (Å²) in [7, 11) is -0.365. The van der Waals surface area contributed by atoms with E-state index < -0.39 is 5.41 Å². The third-order valence-corrected chi connectivity index (χ3v) is 7.41. The lowest BCUT2D eigenvalue weighted by Crippen LogP contribution is -2.47. The number of rotatable bonds is 7. The Morgan fingerprint density at radius 1 is 0.880 bits per heavy atom. The summed E-state index contributed by atoms with van der Waals surface area (Å²) >= 11 is 0. The van der Waals surface area contributed by atoms with Crippen molar-refractivity contribution in [2.75, 3.05) is 12.0 Å². The molecule has 0 aromatic rings. The van der Waals surface area contributed by atoms with Gasteiger partial charge in [0.15, 0.2) is 0 Å². The summed E-state index contributed by atoms with van der Waals surface area (Å²) in [4.78, 5) is 24.8. The van der Waals surface area contributed by atoms with Crippen molar-refractivity contribution >= 4 is 22.7 Å². The molecule has 1 unspecified atom stereocenters. The number of amides is 2. The van der Waals surface area contributed by atoms with E-state index in [0.717, 1.165) is 12.2 Å². The van der Waals surface area contributed by atoms with E-state index in [9.17, 15) is 9.59 Å². The molecule has 0 fully saturated rings. The molecule has 0 aliphatic carbocycles. The van der Waals surface area contributed by atoms with E-state index in [-0.39, 0.29) is 45.0 Å². The molecule has 0 rings (SSSR count). The van der Waals surface area contributed by atoms with Gasteiger partial charge in [0.25, 0.3) is 0 Å². The topological polar surface area (TPSA) is 58.2 Å². The summed E-state index contributed by atoms with van der Waals surface area (Å²) in [6.07, 6.45) is 3.03. The van der Waals surface area contributed by atoms with Crippen molar-refractivity contribution in [3.63, 3.8) is 0 Å². The third-order valence-electron chi connectivity index (χ3n) is 5.03. The van der Waals surface area contributed by atoms with Crippen LogP contribution in [0.5, 0.6) is 0 Å². The van der Waals surface area contributed by atoms with Gasteiger partial charge in [0.05, 0.1) is 5.37 Å². The number of carbonyl (C=O) groups is 2. The predicted molar refractivity (Wildman–Crippen MR) is 112 cm³/mol. The summed E-state index contributed by atoms with van der Waals surface area (Å²) in [6.45, 7) is 20.3. The van der Waals surface area contributed by atoms with Crippen molar-refractivity contribution in [1.29, 1.82) is 0 Å². The quantitative estimate of drug-likeness (QED) is 0.588. The molecule has 3 atom stereocenters. The van der Waals surface area contributed by atoms with Crippen LogP contribution < -0.4 is 10.6 Å². The second kappa shape index (κ2) is 8.79. The number of nitrogens with one attached hydrogen (secondary N) is 2. The van der Waals surface area contributed by atoms with Crippen LogP contribution >= 0.6 is 10.9 Å². The molecule has 0 spiro atoms. The standard InChI is InChI=1S/C20H42N2O2S/c1-14(18(3,4)5)21-17(24)20(9,10)12-13-25(11)15(2)22-16(23)19(6,7)8/h14-15,25H,12-13H2,1-11H3,(H,21,24)(H,22,23)/t14-,15-/m0/s1. The van der Waals surface area contributed by atoms with E-state index in [2.05, 4.69) is 51.5 Å². The minimum atomic E-state index is -0.399. The van der Waals surface area contributed by atoms with Crippen molar-refractivity contribution in [3.8, 4) is 0 Å². The van der Waals surface area contributed by atoms with Gasteiger partial charge >= 0.3 is 0 Å². The monoisotopic (exact) mass is 374 g/mol. The Morgan fingerprint density at radius 2 is 1.36 bits per heavy atom. The molecule has 0 aliphatic heterocycles. The highest BCUT2D eigenvalue weighted by molar-refractivity contribution is 8.16. The first-order valence-corrected chi connectivity index (χ1v) is 11.3. The van der Waals surface area contributed by atoms with Crippen molar-refractivity contribution in [2.24, 2.45) is 16.2 Å². The summed E-state index contributed by atoms with van der Waals surface area (Å²) in [6, 6.07) is 0.132. The van der Waals surface area contributed by atoms with Crippen LogP contribution in [0, 0.1) is 16.2 Å². The highest BCUT2D eigenvalue weighted by atomic mass is 32.2. The van der Waals surface area contributed by atoms with Gasteiger partial charge in [-0.05, 0) is 37.7 Å². The summed E-state index contributed by atoms with van der Waals surface area (Å²) in [5.74, 6) is 1.17. The average Bonchev–Trinajstić information content (AvgIpc) is 2.42. The van der Waals surface area contributed by atoms with E-state index >= 15 is 0 Å². The van der Waals surface area contributed by atoms with Crippen molar-refractivity contribution in [3.05, 3.63) is 0 Å². The second-order valence-electron chi connectivity index (χ2n) is 10.1. The van der Waals surface area contributed by atoms with Crippen LogP contribution in [0.25, 0.3) is 0 Å². The maximum Gasteiger partial charge on any atom is 0.226 e. The molecule has 25 heavy (non-hydrogen) atoms. The first-order chi connectivity index (χ1) is 11.0. The molecule has 2 amide bonds. The average molecular weight is 375 g/mol. The molecule has 0 aromatic carbocycles. The first kappa shape index (κ1) is 24.3. The molecule has 2 N–H and O–H groups in total. The summed E-state index contributed by atoms with van der Waals surface area (Å²) < 4.78 is 0. The largest absolute Gasteiger partial charge is 0.353 e. The van der Waals surface area contributed by atoms with Crippen LogP contribution in [0.4, 0.5) is 0 Å². The van der Waals surface area contributed by atoms with Gasteiger partial charge in [-0.1, -0.05) is 55.4 Å². The van der Waals surface area contributed by atoms with Crippen LogP contribution in [-0.2, 0) is 9.59 Å². The van der Waals surface area contributed by atoms with Gasteiger partial charge in [-0.3, -0.25) is 9.59 Å². The van der Waals surface area contributed by atoms with Crippen molar-refractivity contribution < 1.29 is 9.59 Å². The van der Waals surface area contributed by atoms with Crippen LogP contribution in [0.2, 0.25) is 0 Å². The molecule has 0 saturated carbocycles. The molecular formula is C20H42N2O2S.